The topological polar surface area (TPSA) is 77.1 Å². The van der Waals surface area contributed by atoms with Crippen molar-refractivity contribution in [1.29, 1.82) is 0 Å². The van der Waals surface area contributed by atoms with Crippen molar-refractivity contribution in [2.75, 3.05) is 19.0 Å². The number of carbonyl (C=O) groups excluding carboxylic acids is 2. The lowest BCUT2D eigenvalue weighted by molar-refractivity contribution is -0.274. The van der Waals surface area contributed by atoms with Gasteiger partial charge in [0.05, 0.1) is 37.6 Å². The first-order chi connectivity index (χ1) is 16.6. The number of ether oxygens (including phenoxy) is 3. The molecule has 35 heavy (non-hydrogen) atoms. The molecule has 0 radical (unpaired) electrons. The molecule has 5 atom stereocenters. The van der Waals surface area contributed by atoms with Crippen LogP contribution in [0.25, 0.3) is 0 Å². The van der Waals surface area contributed by atoms with Gasteiger partial charge >= 0.3 is 6.36 Å². The van der Waals surface area contributed by atoms with Crippen molar-refractivity contribution in [2.24, 2.45) is 11.8 Å². The molecule has 2 bridgehead atoms. The number of hydrogen-bond acceptors (Lipinski definition) is 5. The summed E-state index contributed by atoms with van der Waals surface area (Å²) in [4.78, 5) is 28.5. The minimum absolute atomic E-state index is 0.172. The third-order valence-electron chi connectivity index (χ3n) is 6.85. The Labute approximate surface area is 199 Å². The van der Waals surface area contributed by atoms with E-state index < -0.39 is 41.6 Å². The summed E-state index contributed by atoms with van der Waals surface area (Å²) in [5.41, 5.74) is 0.338. The molecule has 5 unspecified atom stereocenters. The number of nitrogens with one attached hydrogen (secondary N) is 1. The van der Waals surface area contributed by atoms with E-state index in [2.05, 4.69) is 10.1 Å². The molecule has 10 heteroatoms. The normalized spacial score (nSPS) is 27.6. The molecule has 2 saturated heterocycles. The number of methoxy groups -OCH3 is 1. The molecule has 7 nitrogen and oxygen atoms in total. The Hall–Kier alpha value is -3.53. The van der Waals surface area contributed by atoms with Gasteiger partial charge in [0.1, 0.15) is 17.1 Å². The molecule has 3 aliphatic rings. The molecule has 184 valence electrons. The lowest BCUT2D eigenvalue weighted by Crippen LogP contribution is -2.41. The van der Waals surface area contributed by atoms with Gasteiger partial charge in [-0.3, -0.25) is 9.59 Å². The second-order valence-corrected chi connectivity index (χ2v) is 8.88. The van der Waals surface area contributed by atoms with E-state index in [1.54, 1.807) is 18.1 Å². The first kappa shape index (κ1) is 23.2. The molecule has 0 aromatic heterocycles. The first-order valence-corrected chi connectivity index (χ1v) is 11.1. The van der Waals surface area contributed by atoms with E-state index in [0.29, 0.717) is 18.0 Å². The van der Waals surface area contributed by atoms with Crippen LogP contribution in [-0.4, -0.2) is 48.4 Å². The Morgan fingerprint density at radius 1 is 1.14 bits per heavy atom. The lowest BCUT2D eigenvalue weighted by Gasteiger charge is -2.28. The number of benzene rings is 2. The molecule has 1 spiro atoms. The Bertz CT molecular complexity index is 1170. The maximum atomic E-state index is 13.5. The van der Waals surface area contributed by atoms with Gasteiger partial charge in [0, 0.05) is 5.69 Å². The smallest absolute Gasteiger partial charge is 0.497 e. The number of carbonyl (C=O) groups is 2. The highest BCUT2D eigenvalue weighted by Gasteiger charge is 2.67. The fraction of sp³-hybridized carbons (Fsp3) is 0.360. The minimum atomic E-state index is -4.80. The third-order valence-corrected chi connectivity index (χ3v) is 6.85. The van der Waals surface area contributed by atoms with Crippen molar-refractivity contribution in [1.82, 2.24) is 4.90 Å². The van der Waals surface area contributed by atoms with Crippen LogP contribution in [-0.2, 0) is 14.3 Å². The van der Waals surface area contributed by atoms with Gasteiger partial charge in [0.2, 0.25) is 11.8 Å². The second-order valence-electron chi connectivity index (χ2n) is 8.88. The summed E-state index contributed by atoms with van der Waals surface area (Å²) in [6.45, 7) is 2.25. The molecule has 2 amide bonds. The van der Waals surface area contributed by atoms with Gasteiger partial charge in [-0.05, 0) is 48.9 Å². The number of hydrogen-bond donors (Lipinski definition) is 1. The van der Waals surface area contributed by atoms with Crippen LogP contribution >= 0.6 is 0 Å². The van der Waals surface area contributed by atoms with E-state index in [9.17, 15) is 22.8 Å². The molecule has 2 aromatic rings. The lowest BCUT2D eigenvalue weighted by atomic mass is 9.76. The number of amides is 2. The van der Waals surface area contributed by atoms with Crippen LogP contribution in [0.5, 0.6) is 11.5 Å². The summed E-state index contributed by atoms with van der Waals surface area (Å²) in [5.74, 6) is -1.73. The Morgan fingerprint density at radius 3 is 2.43 bits per heavy atom. The van der Waals surface area contributed by atoms with Crippen LogP contribution in [0, 0.1) is 11.8 Å². The zero-order chi connectivity index (χ0) is 25.0. The summed E-state index contributed by atoms with van der Waals surface area (Å²) in [5, 5.41) is 2.70. The predicted octanol–water partition coefficient (Wildman–Crippen LogP) is 4.08. The van der Waals surface area contributed by atoms with Crippen LogP contribution in [0.2, 0.25) is 0 Å². The van der Waals surface area contributed by atoms with Gasteiger partial charge in [-0.25, -0.2) is 0 Å². The first-order valence-electron chi connectivity index (χ1n) is 11.1. The molecule has 3 heterocycles. The molecule has 3 aliphatic heterocycles. The molecule has 0 saturated carbocycles. The van der Waals surface area contributed by atoms with Crippen molar-refractivity contribution in [3.8, 4) is 11.5 Å². The zero-order valence-electron chi connectivity index (χ0n) is 18.9. The molecule has 2 fully saturated rings. The van der Waals surface area contributed by atoms with E-state index in [0.717, 1.165) is 17.7 Å². The van der Waals surface area contributed by atoms with E-state index in [1.165, 1.54) is 12.1 Å². The van der Waals surface area contributed by atoms with Gasteiger partial charge < -0.3 is 24.4 Å². The van der Waals surface area contributed by atoms with Gasteiger partial charge in [0.25, 0.3) is 0 Å². The number of halogens is 3. The highest BCUT2D eigenvalue weighted by Crippen LogP contribution is 2.53. The summed E-state index contributed by atoms with van der Waals surface area (Å²) < 4.78 is 52.4. The van der Waals surface area contributed by atoms with E-state index in [-0.39, 0.29) is 11.9 Å². The van der Waals surface area contributed by atoms with Crippen molar-refractivity contribution in [3.05, 3.63) is 66.2 Å². The maximum Gasteiger partial charge on any atom is 0.573 e. The number of likely N-dealkylation sites (tertiary alicyclic amines) is 1. The highest BCUT2D eigenvalue weighted by molar-refractivity contribution is 5.99. The molecular weight excluding hydrogens is 465 g/mol. The van der Waals surface area contributed by atoms with Crippen LogP contribution in [0.4, 0.5) is 18.9 Å². The van der Waals surface area contributed by atoms with Crippen molar-refractivity contribution >= 4 is 17.5 Å². The standard InChI is InChI=1S/C25H23F3N2O5/c1-14(15-3-7-17(33-2)8-4-15)30-13-24-12-11-19(35-24)20(21(24)23(30)32)22(31)29-16-5-9-18(10-6-16)34-25(26,27)28/h3-12,14,19-21H,13H2,1-2H3,(H,29,31). The molecule has 5 rings (SSSR count). The summed E-state index contributed by atoms with van der Waals surface area (Å²) in [6.07, 6.45) is -1.68. The second kappa shape index (κ2) is 8.30. The minimum Gasteiger partial charge on any atom is -0.497 e. The van der Waals surface area contributed by atoms with Crippen molar-refractivity contribution in [3.63, 3.8) is 0 Å². The van der Waals surface area contributed by atoms with Gasteiger partial charge in [-0.2, -0.15) is 0 Å². The number of fused-ring (bicyclic) bond motifs is 1. The van der Waals surface area contributed by atoms with E-state index in [1.807, 2.05) is 37.3 Å². The highest BCUT2D eigenvalue weighted by atomic mass is 19.4. The number of nitrogens with zero attached hydrogens (tertiary/aromatic N) is 1. The average Bonchev–Trinajstić information content (AvgIpc) is 3.47. The van der Waals surface area contributed by atoms with Crippen LogP contribution in [0.1, 0.15) is 18.5 Å². The molecule has 2 aromatic carbocycles. The van der Waals surface area contributed by atoms with Crippen LogP contribution in [0.15, 0.2) is 60.7 Å². The number of rotatable bonds is 6. The summed E-state index contributed by atoms with van der Waals surface area (Å²) >= 11 is 0. The largest absolute Gasteiger partial charge is 0.573 e. The summed E-state index contributed by atoms with van der Waals surface area (Å²) in [6, 6.07) is 12.1. The van der Waals surface area contributed by atoms with Gasteiger partial charge in [-0.15, -0.1) is 13.2 Å². The fourth-order valence-corrected chi connectivity index (χ4v) is 5.18. The maximum absolute atomic E-state index is 13.5. The van der Waals surface area contributed by atoms with Crippen LogP contribution < -0.4 is 14.8 Å². The average molecular weight is 488 g/mol. The SMILES string of the molecule is COc1ccc(C(C)N2CC34C=CC(O3)C(C(=O)Nc3ccc(OC(F)(F)F)cc3)C4C2=O)cc1. The van der Waals surface area contributed by atoms with Crippen LogP contribution in [0.3, 0.4) is 0 Å². The van der Waals surface area contributed by atoms with E-state index in [4.69, 9.17) is 9.47 Å². The predicted molar refractivity (Wildman–Crippen MR) is 119 cm³/mol. The Morgan fingerprint density at radius 2 is 1.80 bits per heavy atom. The third kappa shape index (κ3) is 4.12. The van der Waals surface area contributed by atoms with Gasteiger partial charge in [-0.1, -0.05) is 24.3 Å². The summed E-state index contributed by atoms with van der Waals surface area (Å²) in [7, 11) is 1.58. The zero-order valence-corrected chi connectivity index (χ0v) is 18.9. The monoisotopic (exact) mass is 488 g/mol. The Balaban J connectivity index is 1.32. The number of alkyl halides is 3. The van der Waals surface area contributed by atoms with Gasteiger partial charge in [0.15, 0.2) is 0 Å². The van der Waals surface area contributed by atoms with Crippen molar-refractivity contribution < 1.29 is 37.0 Å². The fourth-order valence-electron chi connectivity index (χ4n) is 5.18. The number of anilines is 1. The van der Waals surface area contributed by atoms with Crippen molar-refractivity contribution in [2.45, 2.75) is 31.0 Å². The van der Waals surface area contributed by atoms with E-state index >= 15 is 0 Å². The quantitative estimate of drug-likeness (QED) is 0.621. The molecular formula is C25H23F3N2O5. The Kier molecular flexibility index (Phi) is 5.51. The molecule has 1 N–H and O–H groups in total. The molecule has 0 aliphatic carbocycles.